The molecule has 0 saturated heterocycles. The van der Waals surface area contributed by atoms with Gasteiger partial charge in [0.05, 0.1) is 10.6 Å². The van der Waals surface area contributed by atoms with Crippen LogP contribution in [-0.2, 0) is 6.42 Å². The van der Waals surface area contributed by atoms with E-state index >= 15 is 0 Å². The van der Waals surface area contributed by atoms with Crippen molar-refractivity contribution in [2.24, 2.45) is 4.99 Å². The highest BCUT2D eigenvalue weighted by Gasteiger charge is 2.33. The summed E-state index contributed by atoms with van der Waals surface area (Å²) in [5, 5.41) is 10.2. The number of carbonyl (C=O) groups is 1. The number of H-pyrrole nitrogens is 1. The summed E-state index contributed by atoms with van der Waals surface area (Å²) in [6, 6.07) is 13.3. The van der Waals surface area contributed by atoms with Crippen molar-refractivity contribution < 1.29 is 9.90 Å². The molecule has 0 amide bonds. The Morgan fingerprint density at radius 1 is 1.13 bits per heavy atom. The molecule has 0 unspecified atom stereocenters. The second kappa shape index (κ2) is 9.10. The molecule has 7 heteroatoms. The smallest absolute Gasteiger partial charge is 0.354 e. The van der Waals surface area contributed by atoms with Gasteiger partial charge in [-0.1, -0.05) is 30.3 Å². The Morgan fingerprint density at radius 3 is 2.45 bits per heavy atom. The van der Waals surface area contributed by atoms with E-state index in [1.807, 2.05) is 44.2 Å². The number of carboxylic acids is 1. The van der Waals surface area contributed by atoms with Gasteiger partial charge < -0.3 is 10.1 Å². The Labute approximate surface area is 224 Å². The molecule has 1 aliphatic heterocycles. The minimum Gasteiger partial charge on any atom is -0.477 e. The van der Waals surface area contributed by atoms with Gasteiger partial charge in [0.1, 0.15) is 4.83 Å². The maximum absolute atomic E-state index is 13.6. The number of pyridine rings is 1. The molecule has 0 bridgehead atoms. The van der Waals surface area contributed by atoms with Crippen LogP contribution in [0.3, 0.4) is 0 Å². The van der Waals surface area contributed by atoms with E-state index in [2.05, 4.69) is 31.0 Å². The highest BCUT2D eigenvalue weighted by Crippen LogP contribution is 2.47. The molecule has 6 nitrogen and oxygen atoms in total. The number of hydrogen-bond acceptors (Lipinski definition) is 4. The average molecular weight is 524 g/mol. The number of carboxylic acid groups (broad SMARTS) is 1. The first-order valence-corrected chi connectivity index (χ1v) is 13.7. The number of hydrogen-bond donors (Lipinski definition) is 2. The number of nitrogens with zero attached hydrogens (tertiary/aromatic N) is 2. The van der Waals surface area contributed by atoms with Crippen LogP contribution in [0.1, 0.15) is 71.2 Å². The number of aromatic carboxylic acids is 1. The molecule has 2 N–H and O–H groups in total. The number of allylic oxidation sites excluding steroid dienone is 3. The van der Waals surface area contributed by atoms with E-state index in [0.717, 1.165) is 73.9 Å². The second-order valence-corrected chi connectivity index (χ2v) is 11.4. The first-order chi connectivity index (χ1) is 18.2. The summed E-state index contributed by atoms with van der Waals surface area (Å²) in [5.41, 5.74) is 9.90. The van der Waals surface area contributed by atoms with Crippen molar-refractivity contribution in [1.29, 1.82) is 0 Å². The van der Waals surface area contributed by atoms with Gasteiger partial charge in [-0.2, -0.15) is 0 Å². The first kappa shape index (κ1) is 24.4. The SMILES string of the molecule is CC1=CC(C)=N/C1=C(\Cc1cc(=O)n2c(C(=O)O)c(-c3ccccc3)sc2c1C1CC1)c1[nH]c(C)cc1C. The molecule has 6 rings (SSSR count). The lowest BCUT2D eigenvalue weighted by molar-refractivity contribution is 0.0690. The molecule has 0 spiro atoms. The number of aryl methyl sites for hydroxylation is 2. The molecular formula is C31H29N3O3S. The van der Waals surface area contributed by atoms with Crippen LogP contribution in [0, 0.1) is 13.8 Å². The maximum atomic E-state index is 13.6. The van der Waals surface area contributed by atoms with Gasteiger partial charge in [0.25, 0.3) is 5.56 Å². The van der Waals surface area contributed by atoms with Gasteiger partial charge in [-0.25, -0.2) is 4.79 Å². The summed E-state index contributed by atoms with van der Waals surface area (Å²) in [7, 11) is 0. The summed E-state index contributed by atoms with van der Waals surface area (Å²) in [5.74, 6) is -0.781. The van der Waals surface area contributed by atoms with Gasteiger partial charge in [-0.15, -0.1) is 11.3 Å². The quantitative estimate of drug-likeness (QED) is 0.287. The van der Waals surface area contributed by atoms with E-state index in [-0.39, 0.29) is 11.3 Å². The molecular weight excluding hydrogens is 494 g/mol. The Morgan fingerprint density at radius 2 is 1.87 bits per heavy atom. The summed E-state index contributed by atoms with van der Waals surface area (Å²) >= 11 is 1.41. The van der Waals surface area contributed by atoms with E-state index < -0.39 is 5.97 Å². The van der Waals surface area contributed by atoms with Crippen LogP contribution in [0.2, 0.25) is 0 Å². The van der Waals surface area contributed by atoms with Crippen molar-refractivity contribution in [2.75, 3.05) is 0 Å². The van der Waals surface area contributed by atoms with Gasteiger partial charge in [0.2, 0.25) is 0 Å². The highest BCUT2D eigenvalue weighted by molar-refractivity contribution is 7.21. The van der Waals surface area contributed by atoms with E-state index in [0.29, 0.717) is 17.2 Å². The van der Waals surface area contributed by atoms with Crippen molar-refractivity contribution >= 4 is 33.4 Å². The van der Waals surface area contributed by atoms with Crippen molar-refractivity contribution in [2.45, 2.75) is 52.9 Å². The molecule has 0 atom stereocenters. The molecule has 2 aliphatic rings. The van der Waals surface area contributed by atoms with Gasteiger partial charge in [-0.05, 0) is 86.4 Å². The van der Waals surface area contributed by atoms with Crippen LogP contribution in [0.25, 0.3) is 20.8 Å². The highest BCUT2D eigenvalue weighted by atomic mass is 32.1. The van der Waals surface area contributed by atoms with E-state index in [1.54, 1.807) is 6.07 Å². The molecule has 1 aromatic carbocycles. The van der Waals surface area contributed by atoms with Gasteiger partial charge in [-0.3, -0.25) is 14.2 Å². The van der Waals surface area contributed by atoms with E-state index in [1.165, 1.54) is 15.7 Å². The molecule has 192 valence electrons. The summed E-state index contributed by atoms with van der Waals surface area (Å²) in [6.45, 7) is 8.21. The Bertz CT molecular complexity index is 1780. The largest absolute Gasteiger partial charge is 0.477 e. The molecule has 4 heterocycles. The molecule has 1 fully saturated rings. The number of aromatic amines is 1. The third kappa shape index (κ3) is 4.07. The van der Waals surface area contributed by atoms with E-state index in [9.17, 15) is 14.7 Å². The number of aliphatic imine (C=N–C) groups is 1. The zero-order valence-corrected chi connectivity index (χ0v) is 22.7. The van der Waals surface area contributed by atoms with Crippen molar-refractivity contribution in [3.05, 3.63) is 104 Å². The lowest BCUT2D eigenvalue weighted by atomic mass is 9.93. The number of aromatic nitrogens is 2. The van der Waals surface area contributed by atoms with Crippen LogP contribution in [-0.4, -0.2) is 26.2 Å². The molecule has 3 aromatic heterocycles. The fourth-order valence-corrected chi connectivity index (χ4v) is 7.05. The van der Waals surface area contributed by atoms with Crippen LogP contribution >= 0.6 is 11.3 Å². The monoisotopic (exact) mass is 523 g/mol. The predicted octanol–water partition coefficient (Wildman–Crippen LogP) is 6.92. The summed E-state index contributed by atoms with van der Waals surface area (Å²) < 4.78 is 1.42. The van der Waals surface area contributed by atoms with Crippen LogP contribution in [0.4, 0.5) is 0 Å². The Balaban J connectivity index is 1.62. The molecule has 0 radical (unpaired) electrons. The topological polar surface area (TPSA) is 86.9 Å². The predicted molar refractivity (Wildman–Crippen MR) is 154 cm³/mol. The van der Waals surface area contributed by atoms with Crippen LogP contribution < -0.4 is 5.56 Å². The fourth-order valence-electron chi connectivity index (χ4n) is 5.65. The number of thiazole rings is 1. The van der Waals surface area contributed by atoms with Crippen LogP contribution in [0.5, 0.6) is 0 Å². The minimum atomic E-state index is -1.09. The van der Waals surface area contributed by atoms with Gasteiger partial charge in [0.15, 0.2) is 5.69 Å². The number of rotatable bonds is 6. The maximum Gasteiger partial charge on any atom is 0.354 e. The third-order valence-corrected chi connectivity index (χ3v) is 8.58. The second-order valence-electron chi connectivity index (χ2n) is 10.4. The molecule has 1 saturated carbocycles. The third-order valence-electron chi connectivity index (χ3n) is 7.35. The zero-order chi connectivity index (χ0) is 26.7. The lowest BCUT2D eigenvalue weighted by Crippen LogP contribution is -2.19. The van der Waals surface area contributed by atoms with Crippen molar-refractivity contribution in [3.8, 4) is 10.4 Å². The number of benzene rings is 1. The van der Waals surface area contributed by atoms with Gasteiger partial charge >= 0.3 is 5.97 Å². The Kier molecular flexibility index (Phi) is 5.83. The summed E-state index contributed by atoms with van der Waals surface area (Å²) in [4.78, 5) is 35.9. The molecule has 1 aliphatic carbocycles. The Hall–Kier alpha value is -3.97. The standard InChI is InChI=1S/C31H29N3O3S/c1-16-12-18(3)32-26(16)23(27-17(2)13-19(4)33-27)14-22-15-24(35)34-28(31(36)37)29(21-8-6-5-7-9-21)38-30(34)25(22)20-10-11-20/h5-9,12-13,15,20,32H,10-11,14H2,1-4H3,(H,36,37)/b27-23+. The number of fused-ring (bicyclic) bond motifs is 1. The average Bonchev–Trinajstić information content (AvgIpc) is 3.40. The fraction of sp³-hybridized carbons (Fsp3) is 0.258. The van der Waals surface area contributed by atoms with Gasteiger partial charge in [0, 0.05) is 35.2 Å². The normalized spacial score (nSPS) is 16.6. The zero-order valence-electron chi connectivity index (χ0n) is 21.9. The van der Waals surface area contributed by atoms with E-state index in [4.69, 9.17) is 4.99 Å². The van der Waals surface area contributed by atoms with Crippen molar-refractivity contribution in [3.63, 3.8) is 0 Å². The minimum absolute atomic E-state index is 0.0406. The first-order valence-electron chi connectivity index (χ1n) is 12.9. The molecule has 4 aromatic rings. The molecule has 38 heavy (non-hydrogen) atoms. The number of nitrogens with one attached hydrogen (secondary N) is 1. The summed E-state index contributed by atoms with van der Waals surface area (Å²) in [6.07, 6.45) is 4.69. The lowest BCUT2D eigenvalue weighted by Gasteiger charge is -2.16. The van der Waals surface area contributed by atoms with Crippen LogP contribution in [0.15, 0.2) is 69.6 Å². The van der Waals surface area contributed by atoms with Crippen molar-refractivity contribution in [1.82, 2.24) is 9.38 Å².